The van der Waals surface area contributed by atoms with Crippen molar-refractivity contribution in [2.24, 2.45) is 7.05 Å². The molecule has 1 atom stereocenters. The lowest BCUT2D eigenvalue weighted by atomic mass is 10.0. The van der Waals surface area contributed by atoms with Crippen molar-refractivity contribution >= 4 is 27.5 Å². The van der Waals surface area contributed by atoms with Gasteiger partial charge in [0.2, 0.25) is 5.91 Å². The molecule has 0 radical (unpaired) electrons. The Morgan fingerprint density at radius 2 is 2.37 bits per heavy atom. The van der Waals surface area contributed by atoms with Crippen LogP contribution < -0.4 is 5.32 Å². The fourth-order valence-corrected chi connectivity index (χ4v) is 4.80. The third kappa shape index (κ3) is 3.69. The van der Waals surface area contributed by atoms with Gasteiger partial charge in [0.05, 0.1) is 22.8 Å². The second-order valence-corrected chi connectivity index (χ2v) is 8.09. The van der Waals surface area contributed by atoms with E-state index in [1.54, 1.807) is 24.9 Å². The molecule has 1 amide bonds. The van der Waals surface area contributed by atoms with E-state index in [0.717, 1.165) is 0 Å². The van der Waals surface area contributed by atoms with E-state index in [4.69, 9.17) is 0 Å². The fraction of sp³-hybridized carbons (Fsp3) is 0.700. The van der Waals surface area contributed by atoms with Gasteiger partial charge < -0.3 is 9.88 Å². The van der Waals surface area contributed by atoms with Gasteiger partial charge >= 0.3 is 0 Å². The van der Waals surface area contributed by atoms with Gasteiger partial charge in [-0.2, -0.15) is 0 Å². The molecule has 1 fully saturated rings. The largest absolute Gasteiger partial charge is 0.349 e. The molecule has 106 valence electrons. The zero-order valence-electron chi connectivity index (χ0n) is 10.8. The maximum atomic E-state index is 11.8. The Kier molecular flexibility index (Phi) is 3.86. The van der Waals surface area contributed by atoms with Gasteiger partial charge in [-0.3, -0.25) is 4.79 Å². The first-order chi connectivity index (χ1) is 8.80. The first kappa shape index (κ1) is 14.3. The zero-order chi connectivity index (χ0) is 14.1. The molecular weight excluding hydrogens is 288 g/mol. The molecule has 2 heterocycles. The van der Waals surface area contributed by atoms with Gasteiger partial charge in [-0.25, -0.2) is 8.42 Å². The van der Waals surface area contributed by atoms with Crippen molar-refractivity contribution in [1.82, 2.24) is 20.1 Å². The number of carbonyl (C=O) groups is 1. The quantitative estimate of drug-likeness (QED) is 0.761. The summed E-state index contributed by atoms with van der Waals surface area (Å²) < 4.78 is 24.6. The number of aromatic nitrogens is 3. The molecule has 0 bridgehead atoms. The molecule has 1 aliphatic heterocycles. The molecule has 0 saturated carbocycles. The zero-order valence-corrected chi connectivity index (χ0v) is 12.4. The van der Waals surface area contributed by atoms with Crippen LogP contribution in [0.2, 0.25) is 0 Å². The van der Waals surface area contributed by atoms with Crippen LogP contribution in [0, 0.1) is 0 Å². The van der Waals surface area contributed by atoms with Gasteiger partial charge in [-0.05, 0) is 13.3 Å². The normalized spacial score (nSPS) is 25.4. The van der Waals surface area contributed by atoms with E-state index in [1.807, 2.05) is 0 Å². The summed E-state index contributed by atoms with van der Waals surface area (Å²) in [6.45, 7) is 1.77. The Labute approximate surface area is 116 Å². The third-order valence-corrected chi connectivity index (χ3v) is 5.88. The van der Waals surface area contributed by atoms with Crippen LogP contribution in [-0.2, 0) is 21.7 Å². The summed E-state index contributed by atoms with van der Waals surface area (Å²) in [6.07, 6.45) is 2.03. The van der Waals surface area contributed by atoms with Crippen molar-refractivity contribution in [3.05, 3.63) is 6.33 Å². The van der Waals surface area contributed by atoms with Gasteiger partial charge in [0.15, 0.2) is 15.0 Å². The van der Waals surface area contributed by atoms with E-state index >= 15 is 0 Å². The number of nitrogens with zero attached hydrogens (tertiary/aromatic N) is 3. The van der Waals surface area contributed by atoms with Crippen LogP contribution in [-0.4, -0.2) is 51.9 Å². The lowest BCUT2D eigenvalue weighted by Gasteiger charge is -2.23. The van der Waals surface area contributed by atoms with Crippen LogP contribution in [0.25, 0.3) is 0 Å². The van der Waals surface area contributed by atoms with Crippen molar-refractivity contribution in [3.63, 3.8) is 0 Å². The van der Waals surface area contributed by atoms with E-state index < -0.39 is 15.4 Å². The molecule has 1 N–H and O–H groups in total. The molecule has 19 heavy (non-hydrogen) atoms. The molecule has 0 aliphatic carbocycles. The Hall–Kier alpha value is -1.09. The van der Waals surface area contributed by atoms with Crippen LogP contribution >= 0.6 is 11.8 Å². The predicted molar refractivity (Wildman–Crippen MR) is 71.5 cm³/mol. The molecule has 0 aromatic carbocycles. The summed E-state index contributed by atoms with van der Waals surface area (Å²) in [5.74, 6) is 0.163. The molecule has 0 unspecified atom stereocenters. The standard InChI is InChI=1S/C10H16N4O3S2/c1-10(3-4-19(16,17)6-10)12-8(15)5-18-9-13-11-7-14(9)2/h7H,3-6H2,1-2H3,(H,12,15)/t10-/m0/s1. The van der Waals surface area contributed by atoms with E-state index in [0.29, 0.717) is 11.6 Å². The summed E-state index contributed by atoms with van der Waals surface area (Å²) >= 11 is 1.27. The monoisotopic (exact) mass is 304 g/mol. The fourth-order valence-electron chi connectivity index (χ4n) is 2.02. The van der Waals surface area contributed by atoms with Gasteiger partial charge in [-0.1, -0.05) is 11.8 Å². The molecule has 1 aromatic heterocycles. The second-order valence-electron chi connectivity index (χ2n) is 4.96. The number of nitrogens with one attached hydrogen (secondary N) is 1. The maximum absolute atomic E-state index is 11.8. The van der Waals surface area contributed by atoms with Gasteiger partial charge in [0, 0.05) is 7.05 Å². The van der Waals surface area contributed by atoms with Gasteiger partial charge in [0.1, 0.15) is 6.33 Å². The number of thioether (sulfide) groups is 1. The summed E-state index contributed by atoms with van der Waals surface area (Å²) in [4.78, 5) is 11.8. The van der Waals surface area contributed by atoms with Crippen LogP contribution in [0.5, 0.6) is 0 Å². The Morgan fingerprint density at radius 3 is 2.89 bits per heavy atom. The molecule has 1 aliphatic rings. The predicted octanol–water partition coefficient (Wildman–Crippen LogP) is -0.399. The number of amides is 1. The molecule has 1 saturated heterocycles. The highest BCUT2D eigenvalue weighted by molar-refractivity contribution is 7.99. The molecule has 9 heteroatoms. The van der Waals surface area contributed by atoms with Crippen molar-refractivity contribution in [2.45, 2.75) is 24.0 Å². The minimum atomic E-state index is -3.01. The lowest BCUT2D eigenvalue weighted by Crippen LogP contribution is -2.47. The highest BCUT2D eigenvalue weighted by Gasteiger charge is 2.39. The van der Waals surface area contributed by atoms with Crippen LogP contribution in [0.4, 0.5) is 0 Å². The minimum Gasteiger partial charge on any atom is -0.349 e. The highest BCUT2D eigenvalue weighted by atomic mass is 32.2. The Balaban J connectivity index is 1.87. The number of hydrogen-bond donors (Lipinski definition) is 1. The Morgan fingerprint density at radius 1 is 1.63 bits per heavy atom. The minimum absolute atomic E-state index is 0.0143. The molecule has 1 aromatic rings. The van der Waals surface area contributed by atoms with Crippen molar-refractivity contribution in [3.8, 4) is 0 Å². The maximum Gasteiger partial charge on any atom is 0.230 e. The van der Waals surface area contributed by atoms with Crippen LogP contribution in [0.15, 0.2) is 11.5 Å². The average molecular weight is 304 g/mol. The SMILES string of the molecule is Cn1cnnc1SCC(=O)N[C@@]1(C)CCS(=O)(=O)C1. The molecule has 7 nitrogen and oxygen atoms in total. The van der Waals surface area contributed by atoms with E-state index in [2.05, 4.69) is 15.5 Å². The lowest BCUT2D eigenvalue weighted by molar-refractivity contribution is -0.120. The van der Waals surface area contributed by atoms with Crippen molar-refractivity contribution in [2.75, 3.05) is 17.3 Å². The number of carbonyl (C=O) groups excluding carboxylic acids is 1. The van der Waals surface area contributed by atoms with Crippen LogP contribution in [0.3, 0.4) is 0 Å². The Bertz CT molecular complexity index is 583. The van der Waals surface area contributed by atoms with E-state index in [-0.39, 0.29) is 23.2 Å². The summed E-state index contributed by atoms with van der Waals surface area (Å²) in [5.41, 5.74) is -0.642. The number of rotatable bonds is 4. The molecule has 0 spiro atoms. The second kappa shape index (κ2) is 5.12. The van der Waals surface area contributed by atoms with Crippen molar-refractivity contribution < 1.29 is 13.2 Å². The highest BCUT2D eigenvalue weighted by Crippen LogP contribution is 2.23. The average Bonchev–Trinajstić information content (AvgIpc) is 2.80. The summed E-state index contributed by atoms with van der Waals surface area (Å²) in [7, 11) is -1.22. The molecule has 2 rings (SSSR count). The van der Waals surface area contributed by atoms with Gasteiger partial charge in [-0.15, -0.1) is 10.2 Å². The molecular formula is C10H16N4O3S2. The first-order valence-electron chi connectivity index (χ1n) is 5.78. The number of aryl methyl sites for hydroxylation is 1. The van der Waals surface area contributed by atoms with Crippen molar-refractivity contribution in [1.29, 1.82) is 0 Å². The van der Waals surface area contributed by atoms with E-state index in [1.165, 1.54) is 11.8 Å². The number of sulfone groups is 1. The topological polar surface area (TPSA) is 93.9 Å². The summed E-state index contributed by atoms with van der Waals surface area (Å²) in [6, 6.07) is 0. The number of hydrogen-bond acceptors (Lipinski definition) is 6. The van der Waals surface area contributed by atoms with Gasteiger partial charge in [0.25, 0.3) is 0 Å². The van der Waals surface area contributed by atoms with Crippen LogP contribution in [0.1, 0.15) is 13.3 Å². The first-order valence-corrected chi connectivity index (χ1v) is 8.59. The summed E-state index contributed by atoms with van der Waals surface area (Å²) in [5, 5.41) is 11.0. The smallest absolute Gasteiger partial charge is 0.230 e. The third-order valence-electron chi connectivity index (χ3n) is 2.95. The van der Waals surface area contributed by atoms with E-state index in [9.17, 15) is 13.2 Å².